The maximum Gasteiger partial charge on any atom is 0.239 e. The van der Waals surface area contributed by atoms with Crippen molar-refractivity contribution in [2.24, 2.45) is 0 Å². The highest BCUT2D eigenvalue weighted by atomic mass is 16.5. The maximum atomic E-state index is 11.1. The minimum atomic E-state index is -0.0845. The number of rotatable bonds is 5. The summed E-state index contributed by atoms with van der Waals surface area (Å²) >= 11 is 0. The molecule has 0 saturated carbocycles. The fourth-order valence-electron chi connectivity index (χ4n) is 1.34. The Morgan fingerprint density at radius 1 is 1.41 bits per heavy atom. The lowest BCUT2D eigenvalue weighted by Crippen LogP contribution is -2.26. The highest BCUT2D eigenvalue weighted by Crippen LogP contribution is 2.23. The van der Waals surface area contributed by atoms with Crippen LogP contribution in [-0.2, 0) is 4.79 Å². The van der Waals surface area contributed by atoms with Gasteiger partial charge >= 0.3 is 0 Å². The van der Waals surface area contributed by atoms with Crippen molar-refractivity contribution in [3.63, 3.8) is 0 Å². The van der Waals surface area contributed by atoms with Crippen LogP contribution >= 0.6 is 0 Å². The standard InChI is InChI=1S/C12H19N3O2/c1-8(2)17-11-5-9(13)4-10(6-11)15-7-12(16)14-3/h4-6,8,15H,7,13H2,1-3H3,(H,14,16). The van der Waals surface area contributed by atoms with Gasteiger partial charge in [0.25, 0.3) is 0 Å². The lowest BCUT2D eigenvalue weighted by Gasteiger charge is -2.13. The third-order valence-electron chi connectivity index (χ3n) is 2.03. The molecule has 5 nitrogen and oxygen atoms in total. The fraction of sp³-hybridized carbons (Fsp3) is 0.417. The zero-order valence-corrected chi connectivity index (χ0v) is 10.4. The molecule has 0 aliphatic carbocycles. The van der Waals surface area contributed by atoms with Crippen molar-refractivity contribution in [2.75, 3.05) is 24.6 Å². The van der Waals surface area contributed by atoms with Crippen LogP contribution < -0.4 is 21.1 Å². The van der Waals surface area contributed by atoms with Crippen LogP contribution in [0.2, 0.25) is 0 Å². The van der Waals surface area contributed by atoms with E-state index in [4.69, 9.17) is 10.5 Å². The Balaban J connectivity index is 2.71. The third kappa shape index (κ3) is 4.63. The van der Waals surface area contributed by atoms with Gasteiger partial charge in [-0.3, -0.25) is 4.79 Å². The first kappa shape index (κ1) is 13.2. The Labute approximate surface area is 101 Å². The summed E-state index contributed by atoms with van der Waals surface area (Å²) in [5.41, 5.74) is 7.12. The summed E-state index contributed by atoms with van der Waals surface area (Å²) in [6.07, 6.45) is 0.0867. The molecule has 0 aromatic heterocycles. The molecule has 0 aliphatic rings. The first-order valence-electron chi connectivity index (χ1n) is 5.53. The Morgan fingerprint density at radius 2 is 2.12 bits per heavy atom. The first-order chi connectivity index (χ1) is 8.01. The van der Waals surface area contributed by atoms with Crippen LogP contribution in [0.3, 0.4) is 0 Å². The molecule has 0 radical (unpaired) electrons. The number of amides is 1. The lowest BCUT2D eigenvalue weighted by atomic mass is 10.2. The van der Waals surface area contributed by atoms with Gasteiger partial charge in [-0.2, -0.15) is 0 Å². The molecule has 1 aromatic rings. The molecule has 1 aromatic carbocycles. The average molecular weight is 237 g/mol. The van der Waals surface area contributed by atoms with E-state index in [-0.39, 0.29) is 18.6 Å². The predicted molar refractivity (Wildman–Crippen MR) is 69.2 cm³/mol. The molecule has 1 rings (SSSR count). The molecule has 0 aliphatic heterocycles. The highest BCUT2D eigenvalue weighted by Gasteiger charge is 2.03. The molecule has 0 fully saturated rings. The first-order valence-corrected chi connectivity index (χ1v) is 5.53. The zero-order chi connectivity index (χ0) is 12.8. The minimum absolute atomic E-state index is 0.0845. The maximum absolute atomic E-state index is 11.1. The van der Waals surface area contributed by atoms with Crippen molar-refractivity contribution >= 4 is 17.3 Å². The molecule has 0 spiro atoms. The highest BCUT2D eigenvalue weighted by molar-refractivity contribution is 5.80. The summed E-state index contributed by atoms with van der Waals surface area (Å²) in [7, 11) is 1.59. The number of benzene rings is 1. The molecule has 0 saturated heterocycles. The second kappa shape index (κ2) is 5.98. The van der Waals surface area contributed by atoms with Gasteiger partial charge in [0, 0.05) is 30.6 Å². The average Bonchev–Trinajstić information content (AvgIpc) is 2.24. The number of hydrogen-bond donors (Lipinski definition) is 3. The van der Waals surface area contributed by atoms with Crippen LogP contribution in [0.15, 0.2) is 18.2 Å². The summed E-state index contributed by atoms with van der Waals surface area (Å²) in [6.45, 7) is 4.10. The molecule has 4 N–H and O–H groups in total. The lowest BCUT2D eigenvalue weighted by molar-refractivity contribution is -0.118. The number of hydrogen-bond acceptors (Lipinski definition) is 4. The number of carbonyl (C=O) groups excluding carboxylic acids is 1. The van der Waals surface area contributed by atoms with E-state index in [2.05, 4.69) is 10.6 Å². The van der Waals surface area contributed by atoms with Gasteiger partial charge < -0.3 is 21.1 Å². The second-order valence-electron chi connectivity index (χ2n) is 3.98. The van der Waals surface area contributed by atoms with Crippen LogP contribution in [0, 0.1) is 0 Å². The number of nitrogen functional groups attached to an aromatic ring is 1. The van der Waals surface area contributed by atoms with Crippen LogP contribution in [0.4, 0.5) is 11.4 Å². The number of likely N-dealkylation sites (N-methyl/N-ethyl adjacent to an activating group) is 1. The zero-order valence-electron chi connectivity index (χ0n) is 10.4. The SMILES string of the molecule is CNC(=O)CNc1cc(N)cc(OC(C)C)c1. The third-order valence-corrected chi connectivity index (χ3v) is 2.03. The van der Waals surface area contributed by atoms with Crippen molar-refractivity contribution in [3.8, 4) is 5.75 Å². The molecule has 17 heavy (non-hydrogen) atoms. The summed E-state index contributed by atoms with van der Waals surface area (Å²) in [5, 5.41) is 5.51. The van der Waals surface area contributed by atoms with Gasteiger partial charge in [0.05, 0.1) is 12.6 Å². The van der Waals surface area contributed by atoms with Crippen molar-refractivity contribution in [1.82, 2.24) is 5.32 Å². The Hall–Kier alpha value is -1.91. The molecule has 0 bridgehead atoms. The molecule has 1 amide bonds. The smallest absolute Gasteiger partial charge is 0.239 e. The number of ether oxygens (including phenoxy) is 1. The molecular weight excluding hydrogens is 218 g/mol. The van der Waals surface area contributed by atoms with Gasteiger partial charge in [-0.25, -0.2) is 0 Å². The molecule has 94 valence electrons. The van der Waals surface area contributed by atoms with E-state index in [1.54, 1.807) is 19.2 Å². The Kier molecular flexibility index (Phi) is 4.63. The number of carbonyl (C=O) groups is 1. The van der Waals surface area contributed by atoms with E-state index in [0.29, 0.717) is 11.4 Å². The van der Waals surface area contributed by atoms with Gasteiger partial charge in [-0.15, -0.1) is 0 Å². The normalized spacial score (nSPS) is 10.1. The van der Waals surface area contributed by atoms with Gasteiger partial charge in [0.2, 0.25) is 5.91 Å². The molecule has 0 heterocycles. The van der Waals surface area contributed by atoms with E-state index < -0.39 is 0 Å². The molecule has 0 atom stereocenters. The summed E-state index contributed by atoms with van der Waals surface area (Å²) < 4.78 is 5.55. The van der Waals surface area contributed by atoms with Crippen molar-refractivity contribution < 1.29 is 9.53 Å². The van der Waals surface area contributed by atoms with Crippen LogP contribution in [-0.4, -0.2) is 25.6 Å². The van der Waals surface area contributed by atoms with Crippen LogP contribution in [0.1, 0.15) is 13.8 Å². The Morgan fingerprint density at radius 3 is 2.71 bits per heavy atom. The van der Waals surface area contributed by atoms with E-state index in [1.807, 2.05) is 19.9 Å². The molecule has 5 heteroatoms. The summed E-state index contributed by atoms with van der Waals surface area (Å²) in [5.74, 6) is 0.609. The Bertz CT molecular complexity index is 391. The topological polar surface area (TPSA) is 76.4 Å². The van der Waals surface area contributed by atoms with E-state index in [1.165, 1.54) is 0 Å². The van der Waals surface area contributed by atoms with E-state index in [0.717, 1.165) is 5.69 Å². The number of nitrogens with two attached hydrogens (primary N) is 1. The van der Waals surface area contributed by atoms with E-state index in [9.17, 15) is 4.79 Å². The summed E-state index contributed by atoms with van der Waals surface area (Å²) in [6, 6.07) is 5.33. The number of anilines is 2. The monoisotopic (exact) mass is 237 g/mol. The molecule has 0 unspecified atom stereocenters. The number of nitrogens with one attached hydrogen (secondary N) is 2. The van der Waals surface area contributed by atoms with Gasteiger partial charge in [-0.1, -0.05) is 0 Å². The van der Waals surface area contributed by atoms with Crippen molar-refractivity contribution in [2.45, 2.75) is 20.0 Å². The largest absolute Gasteiger partial charge is 0.491 e. The van der Waals surface area contributed by atoms with Gasteiger partial charge in [-0.05, 0) is 19.9 Å². The van der Waals surface area contributed by atoms with Crippen LogP contribution in [0.5, 0.6) is 5.75 Å². The predicted octanol–water partition coefficient (Wildman–Crippen LogP) is 1.21. The second-order valence-corrected chi connectivity index (χ2v) is 3.98. The van der Waals surface area contributed by atoms with E-state index >= 15 is 0 Å². The molecular formula is C12H19N3O2. The van der Waals surface area contributed by atoms with Crippen molar-refractivity contribution in [3.05, 3.63) is 18.2 Å². The van der Waals surface area contributed by atoms with Gasteiger partial charge in [0.1, 0.15) is 5.75 Å². The fourth-order valence-corrected chi connectivity index (χ4v) is 1.34. The minimum Gasteiger partial charge on any atom is -0.491 e. The van der Waals surface area contributed by atoms with Crippen molar-refractivity contribution in [1.29, 1.82) is 0 Å². The quantitative estimate of drug-likeness (QED) is 0.673. The van der Waals surface area contributed by atoms with Crippen LogP contribution in [0.25, 0.3) is 0 Å². The van der Waals surface area contributed by atoms with Gasteiger partial charge in [0.15, 0.2) is 0 Å². The summed E-state index contributed by atoms with van der Waals surface area (Å²) in [4.78, 5) is 11.1.